The van der Waals surface area contributed by atoms with Gasteiger partial charge in [0.25, 0.3) is 11.1 Å². The van der Waals surface area contributed by atoms with E-state index in [2.05, 4.69) is 12.1 Å². The highest BCUT2D eigenvalue weighted by molar-refractivity contribution is 8.18. The molecule has 7 rings (SSSR count). The lowest BCUT2D eigenvalue weighted by molar-refractivity contribution is -0.123. The van der Waals surface area contributed by atoms with E-state index in [-0.39, 0.29) is 16.6 Å². The summed E-state index contributed by atoms with van der Waals surface area (Å²) in [6, 6.07) is 16.2. The van der Waals surface area contributed by atoms with Gasteiger partial charge in [-0.25, -0.2) is 0 Å². The number of rotatable bonds is 5. The molecule has 0 spiro atoms. The van der Waals surface area contributed by atoms with E-state index < -0.39 is 0 Å². The van der Waals surface area contributed by atoms with Crippen molar-refractivity contribution >= 4 is 29.0 Å². The number of methoxy groups -OCH3 is 1. The van der Waals surface area contributed by atoms with Crippen molar-refractivity contribution in [2.75, 3.05) is 7.11 Å². The first-order chi connectivity index (χ1) is 16.0. The summed E-state index contributed by atoms with van der Waals surface area (Å²) in [5.41, 5.74) is 3.51. The highest BCUT2D eigenvalue weighted by atomic mass is 32.2. The van der Waals surface area contributed by atoms with E-state index in [1.165, 1.54) is 49.0 Å². The summed E-state index contributed by atoms with van der Waals surface area (Å²) in [5, 5.41) is -0.216. The van der Waals surface area contributed by atoms with Gasteiger partial charge in [0, 0.05) is 5.56 Å². The second-order valence-corrected chi connectivity index (χ2v) is 11.4. The number of amides is 2. The lowest BCUT2D eigenvalue weighted by Crippen LogP contribution is -2.48. The molecule has 2 aromatic carbocycles. The molecule has 0 unspecified atom stereocenters. The zero-order valence-corrected chi connectivity index (χ0v) is 19.8. The van der Waals surface area contributed by atoms with Crippen LogP contribution in [-0.4, -0.2) is 23.2 Å². The number of thioether (sulfide) groups is 1. The smallest absolute Gasteiger partial charge is 0.293 e. The Labute approximate surface area is 199 Å². The van der Waals surface area contributed by atoms with Crippen molar-refractivity contribution in [1.82, 2.24) is 4.90 Å². The van der Waals surface area contributed by atoms with Crippen molar-refractivity contribution in [1.29, 1.82) is 0 Å². The summed E-state index contributed by atoms with van der Waals surface area (Å²) in [5.74, 6) is 3.14. The number of hydrogen-bond acceptors (Lipinski definition) is 4. The summed E-state index contributed by atoms with van der Waals surface area (Å²) in [4.78, 5) is 27.5. The van der Waals surface area contributed by atoms with Crippen LogP contribution < -0.4 is 4.74 Å². The predicted octanol–water partition coefficient (Wildman–Crippen LogP) is 6.40. The standard InChI is InChI=1S/C28H29NO3S/c1-32-24-8-7-23(28-14-19-9-20(15-28)11-21(10-19)16-28)12-22(24)13-25-26(30)29(27(31)33-25)17-18-5-3-2-4-6-18/h2-8,12-13,19-21H,9-11,14-17H2,1H3/b25-13-. The van der Waals surface area contributed by atoms with E-state index in [0.717, 1.165) is 46.4 Å². The van der Waals surface area contributed by atoms with Crippen LogP contribution in [-0.2, 0) is 16.8 Å². The number of ether oxygens (including phenoxy) is 1. The minimum absolute atomic E-state index is 0.216. The van der Waals surface area contributed by atoms with Crippen LogP contribution in [0, 0.1) is 17.8 Å². The van der Waals surface area contributed by atoms with Gasteiger partial charge < -0.3 is 4.74 Å². The van der Waals surface area contributed by atoms with Crippen molar-refractivity contribution in [2.24, 2.45) is 17.8 Å². The Morgan fingerprint density at radius 1 is 1.00 bits per heavy atom. The van der Waals surface area contributed by atoms with E-state index in [1.807, 2.05) is 42.5 Å². The van der Waals surface area contributed by atoms with Gasteiger partial charge in [-0.3, -0.25) is 14.5 Å². The third kappa shape index (κ3) is 3.71. The number of nitrogens with zero attached hydrogens (tertiary/aromatic N) is 1. The van der Waals surface area contributed by atoms with Crippen LogP contribution in [0.25, 0.3) is 6.08 Å². The van der Waals surface area contributed by atoms with E-state index in [1.54, 1.807) is 7.11 Å². The number of carbonyl (C=O) groups is 2. The second kappa shape index (κ2) is 8.05. The van der Waals surface area contributed by atoms with E-state index in [0.29, 0.717) is 11.4 Å². The van der Waals surface area contributed by atoms with Crippen molar-refractivity contribution in [3.63, 3.8) is 0 Å². The lowest BCUT2D eigenvalue weighted by atomic mass is 9.48. The van der Waals surface area contributed by atoms with E-state index in [4.69, 9.17) is 4.74 Å². The number of hydrogen-bond donors (Lipinski definition) is 0. The molecule has 5 fully saturated rings. The summed E-state index contributed by atoms with van der Waals surface area (Å²) >= 11 is 1.02. The fourth-order valence-corrected chi connectivity index (χ4v) is 8.01. The van der Waals surface area contributed by atoms with Crippen molar-refractivity contribution in [2.45, 2.75) is 50.5 Å². The van der Waals surface area contributed by atoms with Gasteiger partial charge in [-0.1, -0.05) is 36.4 Å². The molecule has 170 valence electrons. The molecule has 5 heteroatoms. The maximum atomic E-state index is 13.1. The number of carbonyl (C=O) groups excluding carboxylic acids is 2. The van der Waals surface area contributed by atoms with Crippen LogP contribution in [0.4, 0.5) is 4.79 Å². The molecule has 4 bridgehead atoms. The zero-order chi connectivity index (χ0) is 22.6. The highest BCUT2D eigenvalue weighted by Crippen LogP contribution is 2.61. The first-order valence-corrected chi connectivity index (χ1v) is 12.8. The Bertz CT molecular complexity index is 1100. The number of imide groups is 1. The van der Waals surface area contributed by atoms with Crippen molar-refractivity contribution < 1.29 is 14.3 Å². The van der Waals surface area contributed by atoms with Crippen molar-refractivity contribution in [3.05, 3.63) is 70.1 Å². The molecule has 1 heterocycles. The van der Waals surface area contributed by atoms with Crippen LogP contribution in [0.15, 0.2) is 53.4 Å². The molecule has 4 saturated carbocycles. The molecule has 4 aliphatic carbocycles. The molecule has 33 heavy (non-hydrogen) atoms. The molecule has 0 N–H and O–H groups in total. The molecule has 1 saturated heterocycles. The first kappa shape index (κ1) is 21.0. The van der Waals surface area contributed by atoms with Crippen LogP contribution in [0.3, 0.4) is 0 Å². The summed E-state index contributed by atoms with van der Waals surface area (Å²) in [7, 11) is 1.66. The Morgan fingerprint density at radius 3 is 2.30 bits per heavy atom. The fraction of sp³-hybridized carbons (Fsp3) is 0.429. The van der Waals surface area contributed by atoms with Gasteiger partial charge in [-0.05, 0) is 103 Å². The molecule has 5 aliphatic rings. The van der Waals surface area contributed by atoms with Gasteiger partial charge in [-0.2, -0.15) is 0 Å². The average molecular weight is 460 g/mol. The molecule has 1 aliphatic heterocycles. The largest absolute Gasteiger partial charge is 0.496 e. The molecular formula is C28H29NO3S. The van der Waals surface area contributed by atoms with Crippen LogP contribution in [0.1, 0.15) is 55.2 Å². The fourth-order valence-electron chi connectivity index (χ4n) is 7.18. The molecule has 2 aromatic rings. The summed E-state index contributed by atoms with van der Waals surface area (Å²) < 4.78 is 5.65. The molecule has 0 aromatic heterocycles. The third-order valence-electron chi connectivity index (χ3n) is 8.22. The van der Waals surface area contributed by atoms with Crippen molar-refractivity contribution in [3.8, 4) is 5.75 Å². The molecule has 4 nitrogen and oxygen atoms in total. The quantitative estimate of drug-likeness (QED) is 0.486. The van der Waals surface area contributed by atoms with Gasteiger partial charge in [0.15, 0.2) is 0 Å². The normalized spacial score (nSPS) is 31.6. The van der Waals surface area contributed by atoms with Gasteiger partial charge in [0.2, 0.25) is 0 Å². The maximum Gasteiger partial charge on any atom is 0.293 e. The van der Waals surface area contributed by atoms with Gasteiger partial charge in [0.1, 0.15) is 5.75 Å². The SMILES string of the molecule is COc1ccc(C23CC4CC(CC(C4)C2)C3)cc1/C=C1\SC(=O)N(Cc2ccccc2)C1=O. The van der Waals surface area contributed by atoms with E-state index in [9.17, 15) is 9.59 Å². The maximum absolute atomic E-state index is 13.1. The first-order valence-electron chi connectivity index (χ1n) is 12.0. The van der Waals surface area contributed by atoms with Gasteiger partial charge in [-0.15, -0.1) is 0 Å². The Kier molecular flexibility index (Phi) is 5.13. The zero-order valence-electron chi connectivity index (χ0n) is 19.0. The van der Waals surface area contributed by atoms with E-state index >= 15 is 0 Å². The van der Waals surface area contributed by atoms with Crippen LogP contribution in [0.2, 0.25) is 0 Å². The predicted molar refractivity (Wildman–Crippen MR) is 131 cm³/mol. The Hall–Kier alpha value is -2.53. The minimum atomic E-state index is -0.226. The molecule has 2 amide bonds. The second-order valence-electron chi connectivity index (χ2n) is 10.4. The Morgan fingerprint density at radius 2 is 1.67 bits per heavy atom. The minimum Gasteiger partial charge on any atom is -0.496 e. The molecule has 0 atom stereocenters. The summed E-state index contributed by atoms with van der Waals surface area (Å²) in [6.45, 7) is 0.299. The topological polar surface area (TPSA) is 46.6 Å². The Balaban J connectivity index is 1.31. The van der Waals surface area contributed by atoms with Crippen LogP contribution in [0.5, 0.6) is 5.75 Å². The third-order valence-corrected chi connectivity index (χ3v) is 9.13. The van der Waals surface area contributed by atoms with Crippen LogP contribution >= 0.6 is 11.8 Å². The highest BCUT2D eigenvalue weighted by Gasteiger charge is 2.51. The lowest BCUT2D eigenvalue weighted by Gasteiger charge is -2.57. The average Bonchev–Trinajstić information content (AvgIpc) is 3.06. The molecular weight excluding hydrogens is 430 g/mol. The molecule has 0 radical (unpaired) electrons. The van der Waals surface area contributed by atoms with Gasteiger partial charge in [0.05, 0.1) is 18.6 Å². The van der Waals surface area contributed by atoms with Gasteiger partial charge >= 0.3 is 0 Å². The summed E-state index contributed by atoms with van der Waals surface area (Å²) in [6.07, 6.45) is 9.97. The monoisotopic (exact) mass is 459 g/mol. The number of benzene rings is 2.